The van der Waals surface area contributed by atoms with Crippen LogP contribution in [0.25, 0.3) is 0 Å². The van der Waals surface area contributed by atoms with Crippen molar-refractivity contribution < 1.29 is 14.7 Å². The van der Waals surface area contributed by atoms with E-state index in [0.717, 1.165) is 0 Å². The number of carbonyl (C=O) groups is 2. The second-order valence-electron chi connectivity index (χ2n) is 3.78. The number of carbonyl (C=O) groups excluding carboxylic acids is 1. The lowest BCUT2D eigenvalue weighted by atomic mass is 10.4. The maximum Gasteiger partial charge on any atom is 0.325 e. The molecule has 0 radical (unpaired) electrons. The molecule has 2 aromatic heterocycles. The molecule has 0 atom stereocenters. The monoisotopic (exact) mass is 263 g/mol. The van der Waals surface area contributed by atoms with Gasteiger partial charge in [0.15, 0.2) is 5.82 Å². The Bertz CT molecular complexity index is 601. The van der Waals surface area contributed by atoms with E-state index in [1.165, 1.54) is 16.9 Å². The summed E-state index contributed by atoms with van der Waals surface area (Å²) >= 11 is 0. The summed E-state index contributed by atoms with van der Waals surface area (Å²) < 4.78 is 2.79. The van der Waals surface area contributed by atoms with Gasteiger partial charge in [-0.05, 0) is 13.0 Å². The van der Waals surface area contributed by atoms with E-state index in [-0.39, 0.29) is 12.5 Å². The Morgan fingerprint density at radius 3 is 2.89 bits per heavy atom. The summed E-state index contributed by atoms with van der Waals surface area (Å²) in [6.45, 7) is 2.22. The molecule has 0 bridgehead atoms. The first kappa shape index (κ1) is 12.8. The summed E-state index contributed by atoms with van der Waals surface area (Å²) in [5.74, 6) is -1.03. The number of rotatable bonds is 5. The minimum atomic E-state index is -0.995. The van der Waals surface area contributed by atoms with Crippen molar-refractivity contribution in [1.29, 1.82) is 0 Å². The molecule has 0 aliphatic rings. The third-order valence-corrected chi connectivity index (χ3v) is 2.43. The Hall–Kier alpha value is -2.64. The maximum absolute atomic E-state index is 11.9. The average Bonchev–Trinajstić information content (AvgIpc) is 2.96. The van der Waals surface area contributed by atoms with Crippen molar-refractivity contribution in [3.63, 3.8) is 0 Å². The van der Waals surface area contributed by atoms with Crippen LogP contribution in [0.1, 0.15) is 17.4 Å². The normalized spacial score (nSPS) is 10.4. The van der Waals surface area contributed by atoms with Crippen LogP contribution in [-0.2, 0) is 17.9 Å². The van der Waals surface area contributed by atoms with E-state index in [2.05, 4.69) is 15.5 Å². The molecule has 19 heavy (non-hydrogen) atoms. The lowest BCUT2D eigenvalue weighted by molar-refractivity contribution is -0.137. The molecule has 0 saturated carbocycles. The van der Waals surface area contributed by atoms with Crippen LogP contribution in [0.3, 0.4) is 0 Å². The molecule has 0 aliphatic heterocycles. The zero-order valence-electron chi connectivity index (χ0n) is 10.3. The van der Waals surface area contributed by atoms with Gasteiger partial charge in [0.05, 0.1) is 0 Å². The number of carboxylic acids is 1. The molecule has 0 spiro atoms. The maximum atomic E-state index is 11.9. The minimum Gasteiger partial charge on any atom is -0.480 e. The quantitative estimate of drug-likeness (QED) is 0.814. The van der Waals surface area contributed by atoms with Crippen LogP contribution >= 0.6 is 0 Å². The number of hydrogen-bond donors (Lipinski definition) is 2. The van der Waals surface area contributed by atoms with Crippen LogP contribution in [0, 0.1) is 0 Å². The highest BCUT2D eigenvalue weighted by atomic mass is 16.4. The van der Waals surface area contributed by atoms with Crippen molar-refractivity contribution in [1.82, 2.24) is 19.6 Å². The molecule has 2 aromatic rings. The Balaban J connectivity index is 2.07. The molecule has 2 heterocycles. The van der Waals surface area contributed by atoms with Gasteiger partial charge in [-0.3, -0.25) is 19.0 Å². The molecule has 100 valence electrons. The first-order chi connectivity index (χ1) is 9.10. The van der Waals surface area contributed by atoms with Gasteiger partial charge in [0.2, 0.25) is 0 Å². The first-order valence-electron chi connectivity index (χ1n) is 5.68. The summed E-state index contributed by atoms with van der Waals surface area (Å²) in [5.41, 5.74) is 0.426. The Kier molecular flexibility index (Phi) is 3.60. The van der Waals surface area contributed by atoms with Crippen molar-refractivity contribution in [3.8, 4) is 0 Å². The van der Waals surface area contributed by atoms with E-state index in [1.807, 2.05) is 6.92 Å². The summed E-state index contributed by atoms with van der Waals surface area (Å²) in [7, 11) is 0. The molecule has 0 aliphatic carbocycles. The number of nitrogens with zero attached hydrogens (tertiary/aromatic N) is 4. The topological polar surface area (TPSA) is 102 Å². The van der Waals surface area contributed by atoms with Gasteiger partial charge in [0, 0.05) is 25.0 Å². The predicted molar refractivity (Wildman–Crippen MR) is 65.7 cm³/mol. The number of nitrogens with one attached hydrogen (secondary N) is 1. The zero-order chi connectivity index (χ0) is 13.8. The average molecular weight is 263 g/mol. The SMILES string of the molecule is CCn1nccc1C(=O)Nc1ccn(CC(=O)O)n1. The molecule has 0 saturated heterocycles. The standard InChI is InChI=1S/C11H13N5O3/c1-2-16-8(3-5-12-16)11(19)13-9-4-6-15(14-9)7-10(17)18/h3-6H,2,7H2,1H3,(H,17,18)(H,13,14,19). The number of aryl methyl sites for hydroxylation is 1. The van der Waals surface area contributed by atoms with Crippen LogP contribution in [-0.4, -0.2) is 36.5 Å². The van der Waals surface area contributed by atoms with Gasteiger partial charge in [-0.2, -0.15) is 10.2 Å². The Morgan fingerprint density at radius 1 is 1.42 bits per heavy atom. The largest absolute Gasteiger partial charge is 0.480 e. The van der Waals surface area contributed by atoms with E-state index < -0.39 is 5.97 Å². The second kappa shape index (κ2) is 5.34. The molecule has 0 aromatic carbocycles. The minimum absolute atomic E-state index is 0.247. The lowest BCUT2D eigenvalue weighted by Crippen LogP contribution is -2.18. The molecule has 2 N–H and O–H groups in total. The van der Waals surface area contributed by atoms with E-state index in [9.17, 15) is 9.59 Å². The fraction of sp³-hybridized carbons (Fsp3) is 0.273. The number of aromatic nitrogens is 4. The first-order valence-corrected chi connectivity index (χ1v) is 5.68. The smallest absolute Gasteiger partial charge is 0.325 e. The second-order valence-corrected chi connectivity index (χ2v) is 3.78. The number of carboxylic acid groups (broad SMARTS) is 1. The lowest BCUT2D eigenvalue weighted by Gasteiger charge is -2.04. The van der Waals surface area contributed by atoms with E-state index in [0.29, 0.717) is 18.1 Å². The van der Waals surface area contributed by atoms with Crippen LogP contribution < -0.4 is 5.32 Å². The number of hydrogen-bond acceptors (Lipinski definition) is 4. The molecule has 2 rings (SSSR count). The van der Waals surface area contributed by atoms with Gasteiger partial charge < -0.3 is 10.4 Å². The third-order valence-electron chi connectivity index (χ3n) is 2.43. The number of aliphatic carboxylic acids is 1. The van der Waals surface area contributed by atoms with E-state index in [4.69, 9.17) is 5.11 Å². The van der Waals surface area contributed by atoms with Crippen LogP contribution in [0.5, 0.6) is 0 Å². The third kappa shape index (κ3) is 2.97. The molecule has 8 nitrogen and oxygen atoms in total. The summed E-state index contributed by atoms with van der Waals surface area (Å²) in [4.78, 5) is 22.5. The molecular formula is C11H13N5O3. The number of anilines is 1. The summed E-state index contributed by atoms with van der Waals surface area (Å²) in [5, 5.41) is 19.1. The molecule has 0 fully saturated rings. The Morgan fingerprint density at radius 2 is 2.21 bits per heavy atom. The highest BCUT2D eigenvalue weighted by Crippen LogP contribution is 2.06. The highest BCUT2D eigenvalue weighted by Gasteiger charge is 2.12. The van der Waals surface area contributed by atoms with E-state index in [1.54, 1.807) is 16.9 Å². The fourth-order valence-corrected chi connectivity index (χ4v) is 1.61. The van der Waals surface area contributed by atoms with Crippen molar-refractivity contribution in [3.05, 3.63) is 30.2 Å². The van der Waals surface area contributed by atoms with Crippen molar-refractivity contribution in [2.75, 3.05) is 5.32 Å². The van der Waals surface area contributed by atoms with Gasteiger partial charge in [-0.15, -0.1) is 0 Å². The van der Waals surface area contributed by atoms with Crippen LogP contribution in [0.15, 0.2) is 24.5 Å². The predicted octanol–water partition coefficient (Wildman–Crippen LogP) is 0.436. The highest BCUT2D eigenvalue weighted by molar-refractivity contribution is 6.02. The van der Waals surface area contributed by atoms with Crippen molar-refractivity contribution in [2.24, 2.45) is 0 Å². The van der Waals surface area contributed by atoms with Gasteiger partial charge in [0.1, 0.15) is 12.2 Å². The van der Waals surface area contributed by atoms with Gasteiger partial charge in [-0.1, -0.05) is 0 Å². The molecule has 8 heteroatoms. The van der Waals surface area contributed by atoms with Crippen molar-refractivity contribution in [2.45, 2.75) is 20.0 Å². The van der Waals surface area contributed by atoms with E-state index >= 15 is 0 Å². The molecular weight excluding hydrogens is 250 g/mol. The summed E-state index contributed by atoms with van der Waals surface area (Å²) in [6.07, 6.45) is 3.03. The van der Waals surface area contributed by atoms with Gasteiger partial charge in [-0.25, -0.2) is 0 Å². The van der Waals surface area contributed by atoms with Gasteiger partial charge in [0.25, 0.3) is 5.91 Å². The van der Waals surface area contributed by atoms with Crippen molar-refractivity contribution >= 4 is 17.7 Å². The number of amides is 1. The Labute approximate surface area is 108 Å². The van der Waals surface area contributed by atoms with Gasteiger partial charge >= 0.3 is 5.97 Å². The zero-order valence-corrected chi connectivity index (χ0v) is 10.3. The van der Waals surface area contributed by atoms with Crippen LogP contribution in [0.4, 0.5) is 5.82 Å². The van der Waals surface area contributed by atoms with Crippen LogP contribution in [0.2, 0.25) is 0 Å². The molecule has 1 amide bonds. The summed E-state index contributed by atoms with van der Waals surface area (Å²) in [6, 6.07) is 3.14. The fourth-order valence-electron chi connectivity index (χ4n) is 1.61. The molecule has 0 unspecified atom stereocenters.